The molecule has 3 heteroatoms. The van der Waals surface area contributed by atoms with Gasteiger partial charge in [-0.25, -0.2) is 0 Å². The van der Waals surface area contributed by atoms with Crippen LogP contribution in [-0.2, 0) is 0 Å². The van der Waals surface area contributed by atoms with E-state index in [2.05, 4.69) is 12.1 Å². The third-order valence-electron chi connectivity index (χ3n) is 2.52. The summed E-state index contributed by atoms with van der Waals surface area (Å²) < 4.78 is 2.44. The number of rotatable bonds is 0. The van der Waals surface area contributed by atoms with E-state index in [0.717, 1.165) is 11.4 Å². The summed E-state index contributed by atoms with van der Waals surface area (Å²) >= 11 is 1.73. The smallest absolute Gasteiger partial charge is 0.0375 e. The van der Waals surface area contributed by atoms with Gasteiger partial charge < -0.3 is 11.5 Å². The van der Waals surface area contributed by atoms with E-state index in [9.17, 15) is 0 Å². The highest BCUT2D eigenvalue weighted by Gasteiger charge is 2.04. The van der Waals surface area contributed by atoms with Crippen LogP contribution >= 0.6 is 11.3 Å². The molecule has 0 amide bonds. The molecule has 1 heterocycles. The Hall–Kier alpha value is -1.74. The average molecular weight is 214 g/mol. The van der Waals surface area contributed by atoms with Crippen LogP contribution in [0.3, 0.4) is 0 Å². The van der Waals surface area contributed by atoms with Gasteiger partial charge in [-0.05, 0) is 24.3 Å². The normalized spacial score (nSPS) is 11.2. The molecule has 3 aromatic rings. The van der Waals surface area contributed by atoms with Crippen molar-refractivity contribution in [2.45, 2.75) is 0 Å². The van der Waals surface area contributed by atoms with Crippen molar-refractivity contribution in [3.05, 3.63) is 36.4 Å². The average Bonchev–Trinajstić information content (AvgIpc) is 2.53. The van der Waals surface area contributed by atoms with Crippen LogP contribution in [0.2, 0.25) is 0 Å². The van der Waals surface area contributed by atoms with Crippen molar-refractivity contribution in [3.8, 4) is 0 Å². The van der Waals surface area contributed by atoms with Crippen LogP contribution in [0.25, 0.3) is 20.2 Å². The Labute approximate surface area is 91.1 Å². The van der Waals surface area contributed by atoms with Gasteiger partial charge in [0.1, 0.15) is 0 Å². The van der Waals surface area contributed by atoms with Crippen LogP contribution in [-0.4, -0.2) is 0 Å². The zero-order chi connectivity index (χ0) is 10.4. The van der Waals surface area contributed by atoms with Gasteiger partial charge in [0.15, 0.2) is 0 Å². The van der Waals surface area contributed by atoms with Crippen molar-refractivity contribution in [1.29, 1.82) is 0 Å². The maximum atomic E-state index is 5.76. The Morgan fingerprint density at radius 1 is 0.733 bits per heavy atom. The van der Waals surface area contributed by atoms with Gasteiger partial charge in [-0.1, -0.05) is 12.1 Å². The number of hydrogen-bond donors (Lipinski definition) is 2. The highest BCUT2D eigenvalue weighted by Crippen LogP contribution is 2.35. The molecule has 3 rings (SSSR count). The molecule has 0 saturated carbocycles. The van der Waals surface area contributed by atoms with Crippen LogP contribution < -0.4 is 11.5 Å². The molecule has 74 valence electrons. The minimum absolute atomic E-state index is 0.807. The molecule has 0 aliphatic rings. The Morgan fingerprint density at radius 2 is 1.20 bits per heavy atom. The maximum Gasteiger partial charge on any atom is 0.0375 e. The summed E-state index contributed by atoms with van der Waals surface area (Å²) in [4.78, 5) is 0. The van der Waals surface area contributed by atoms with Crippen molar-refractivity contribution in [2.24, 2.45) is 0 Å². The molecule has 0 fully saturated rings. The molecule has 2 nitrogen and oxygen atoms in total. The standard InChI is InChI=1S/C12H10N2S/c13-7-1-3-9-10-4-2-8(14)6-12(10)15-11(9)5-7/h1-6H,13-14H2. The summed E-state index contributed by atoms with van der Waals surface area (Å²) in [6, 6.07) is 12.0. The molecule has 0 saturated heterocycles. The van der Waals surface area contributed by atoms with Crippen molar-refractivity contribution < 1.29 is 0 Å². The number of hydrogen-bond acceptors (Lipinski definition) is 3. The van der Waals surface area contributed by atoms with Gasteiger partial charge >= 0.3 is 0 Å². The van der Waals surface area contributed by atoms with E-state index in [0.29, 0.717) is 0 Å². The Morgan fingerprint density at radius 3 is 1.67 bits per heavy atom. The van der Waals surface area contributed by atoms with Crippen molar-refractivity contribution >= 4 is 42.9 Å². The van der Waals surface area contributed by atoms with E-state index < -0.39 is 0 Å². The summed E-state index contributed by atoms with van der Waals surface area (Å²) in [5.41, 5.74) is 13.1. The number of anilines is 2. The lowest BCUT2D eigenvalue weighted by Crippen LogP contribution is -1.82. The second-order valence-electron chi connectivity index (χ2n) is 3.61. The van der Waals surface area contributed by atoms with Gasteiger partial charge in [0, 0.05) is 31.5 Å². The van der Waals surface area contributed by atoms with Crippen molar-refractivity contribution in [3.63, 3.8) is 0 Å². The van der Waals surface area contributed by atoms with Gasteiger partial charge in [-0.2, -0.15) is 0 Å². The van der Waals surface area contributed by atoms with Crippen LogP contribution in [0.15, 0.2) is 36.4 Å². The van der Waals surface area contributed by atoms with E-state index in [1.54, 1.807) is 11.3 Å². The van der Waals surface area contributed by atoms with Crippen molar-refractivity contribution in [2.75, 3.05) is 11.5 Å². The number of benzene rings is 2. The number of thiophene rings is 1. The lowest BCUT2D eigenvalue weighted by molar-refractivity contribution is 1.78. The second-order valence-corrected chi connectivity index (χ2v) is 4.70. The fraction of sp³-hybridized carbons (Fsp3) is 0. The lowest BCUT2D eigenvalue weighted by Gasteiger charge is -1.94. The monoisotopic (exact) mass is 214 g/mol. The predicted octanol–water partition coefficient (Wildman–Crippen LogP) is 3.22. The Balaban J connectivity index is 2.51. The van der Waals surface area contributed by atoms with Crippen LogP contribution in [0.4, 0.5) is 11.4 Å². The zero-order valence-electron chi connectivity index (χ0n) is 8.03. The van der Waals surface area contributed by atoms with E-state index in [1.165, 1.54) is 20.2 Å². The summed E-state index contributed by atoms with van der Waals surface area (Å²) in [6.45, 7) is 0. The Bertz CT molecular complexity index is 599. The molecule has 4 N–H and O–H groups in total. The Kier molecular flexibility index (Phi) is 1.64. The van der Waals surface area contributed by atoms with Gasteiger partial charge in [0.2, 0.25) is 0 Å². The molecular formula is C12H10N2S. The third-order valence-corrected chi connectivity index (χ3v) is 3.64. The topological polar surface area (TPSA) is 52.0 Å². The van der Waals surface area contributed by atoms with Crippen LogP contribution in [0.1, 0.15) is 0 Å². The molecule has 15 heavy (non-hydrogen) atoms. The van der Waals surface area contributed by atoms with Crippen LogP contribution in [0.5, 0.6) is 0 Å². The minimum Gasteiger partial charge on any atom is -0.399 e. The molecule has 0 spiro atoms. The number of nitrogens with two attached hydrogens (primary N) is 2. The number of nitrogen functional groups attached to an aromatic ring is 2. The molecule has 0 bridgehead atoms. The van der Waals surface area contributed by atoms with Gasteiger partial charge in [0.25, 0.3) is 0 Å². The fourth-order valence-electron chi connectivity index (χ4n) is 1.81. The summed E-state index contributed by atoms with van der Waals surface area (Å²) in [5.74, 6) is 0. The first-order valence-electron chi connectivity index (χ1n) is 4.71. The quantitative estimate of drug-likeness (QED) is 0.564. The highest BCUT2D eigenvalue weighted by molar-refractivity contribution is 7.25. The highest BCUT2D eigenvalue weighted by atomic mass is 32.1. The molecule has 0 atom stereocenters. The molecule has 1 aromatic heterocycles. The van der Waals surface area contributed by atoms with Gasteiger partial charge in [-0.15, -0.1) is 11.3 Å². The summed E-state index contributed by atoms with van der Waals surface area (Å²) in [7, 11) is 0. The molecule has 2 aromatic carbocycles. The molecule has 0 radical (unpaired) electrons. The first-order valence-corrected chi connectivity index (χ1v) is 5.53. The summed E-state index contributed by atoms with van der Waals surface area (Å²) in [6.07, 6.45) is 0. The zero-order valence-corrected chi connectivity index (χ0v) is 8.84. The minimum atomic E-state index is 0.807. The van der Waals surface area contributed by atoms with E-state index in [1.807, 2.05) is 24.3 Å². The third kappa shape index (κ3) is 1.24. The predicted molar refractivity (Wildman–Crippen MR) is 68.2 cm³/mol. The lowest BCUT2D eigenvalue weighted by atomic mass is 10.1. The van der Waals surface area contributed by atoms with Crippen molar-refractivity contribution in [1.82, 2.24) is 0 Å². The largest absolute Gasteiger partial charge is 0.399 e. The first-order chi connectivity index (χ1) is 7.24. The molecule has 0 aliphatic carbocycles. The number of fused-ring (bicyclic) bond motifs is 3. The second kappa shape index (κ2) is 2.87. The maximum absolute atomic E-state index is 5.76. The van der Waals surface area contributed by atoms with E-state index in [4.69, 9.17) is 11.5 Å². The van der Waals surface area contributed by atoms with Gasteiger partial charge in [0.05, 0.1) is 0 Å². The van der Waals surface area contributed by atoms with Gasteiger partial charge in [-0.3, -0.25) is 0 Å². The molecular weight excluding hydrogens is 204 g/mol. The molecule has 0 aliphatic heterocycles. The first kappa shape index (κ1) is 8.56. The molecule has 0 unspecified atom stereocenters. The fourth-order valence-corrected chi connectivity index (χ4v) is 3.01. The SMILES string of the molecule is Nc1ccc2c(c1)sc1cc(N)ccc12. The summed E-state index contributed by atoms with van der Waals surface area (Å²) in [5, 5.41) is 2.51. The van der Waals surface area contributed by atoms with E-state index in [-0.39, 0.29) is 0 Å². The van der Waals surface area contributed by atoms with E-state index >= 15 is 0 Å². The van der Waals surface area contributed by atoms with Crippen LogP contribution in [0, 0.1) is 0 Å².